The van der Waals surface area contributed by atoms with E-state index in [4.69, 9.17) is 16.7 Å². The molecule has 1 atom stereocenters. The maximum Gasteiger partial charge on any atom is 0.308 e. The summed E-state index contributed by atoms with van der Waals surface area (Å²) in [6, 6.07) is 5.09. The number of carbonyl (C=O) groups is 2. The number of nitrogens with one attached hydrogen (secondary N) is 1. The molecule has 1 amide bonds. The van der Waals surface area contributed by atoms with Gasteiger partial charge in [-0.1, -0.05) is 24.6 Å². The molecule has 2 N–H and O–H groups in total. The number of carbonyl (C=O) groups excluding carboxylic acids is 1. The Kier molecular flexibility index (Phi) is 4.52. The molecule has 1 unspecified atom stereocenters. The van der Waals surface area contributed by atoms with E-state index < -0.39 is 11.9 Å². The van der Waals surface area contributed by atoms with Crippen LogP contribution in [0.4, 0.5) is 0 Å². The van der Waals surface area contributed by atoms with Crippen LogP contribution in [0.2, 0.25) is 5.02 Å². The first kappa shape index (κ1) is 13.5. The Labute approximate surface area is 105 Å². The number of hydrogen-bond acceptors (Lipinski definition) is 2. The molecular weight excluding hydrogens is 242 g/mol. The number of halogens is 1. The predicted octanol–water partition coefficient (Wildman–Crippen LogP) is 2.10. The lowest BCUT2D eigenvalue weighted by Crippen LogP contribution is -2.31. The molecule has 1 aromatic rings. The summed E-state index contributed by atoms with van der Waals surface area (Å²) in [5.74, 6) is -1.92. The molecule has 1 rings (SSSR count). The molecule has 0 saturated heterocycles. The van der Waals surface area contributed by atoms with Gasteiger partial charge < -0.3 is 10.4 Å². The summed E-state index contributed by atoms with van der Waals surface area (Å²) in [6.45, 7) is 3.48. The topological polar surface area (TPSA) is 66.4 Å². The molecule has 0 aliphatic heterocycles. The summed E-state index contributed by atoms with van der Waals surface area (Å²) < 4.78 is 0. The number of hydrogen-bond donors (Lipinski definition) is 2. The van der Waals surface area contributed by atoms with Crippen LogP contribution in [0, 0.1) is 12.8 Å². The molecule has 0 radical (unpaired) electrons. The summed E-state index contributed by atoms with van der Waals surface area (Å²) >= 11 is 5.93. The molecule has 0 aliphatic rings. The minimum absolute atomic E-state index is 0.0817. The summed E-state index contributed by atoms with van der Waals surface area (Å²) in [4.78, 5) is 22.3. The van der Waals surface area contributed by atoms with Gasteiger partial charge in [0.05, 0.1) is 16.5 Å². The summed E-state index contributed by atoms with van der Waals surface area (Å²) in [5.41, 5.74) is 1.32. The Morgan fingerprint density at radius 1 is 1.47 bits per heavy atom. The van der Waals surface area contributed by atoms with Crippen molar-refractivity contribution in [3.05, 3.63) is 34.3 Å². The first-order valence-electron chi connectivity index (χ1n) is 5.19. The van der Waals surface area contributed by atoms with E-state index in [1.165, 1.54) is 6.92 Å². The number of amides is 1. The molecule has 0 aliphatic carbocycles. The van der Waals surface area contributed by atoms with E-state index in [0.717, 1.165) is 5.56 Å². The average Bonchev–Trinajstić information content (AvgIpc) is 2.25. The van der Waals surface area contributed by atoms with Crippen molar-refractivity contribution in [3.63, 3.8) is 0 Å². The Morgan fingerprint density at radius 3 is 2.65 bits per heavy atom. The minimum atomic E-state index is -0.944. The highest BCUT2D eigenvalue weighted by Crippen LogP contribution is 2.17. The third-order valence-electron chi connectivity index (χ3n) is 2.36. The van der Waals surface area contributed by atoms with Gasteiger partial charge in [-0.25, -0.2) is 0 Å². The van der Waals surface area contributed by atoms with Crippen molar-refractivity contribution >= 4 is 23.5 Å². The molecule has 17 heavy (non-hydrogen) atoms. The predicted molar refractivity (Wildman–Crippen MR) is 65.3 cm³/mol. The van der Waals surface area contributed by atoms with Crippen molar-refractivity contribution in [2.45, 2.75) is 13.8 Å². The number of carboxylic acid groups (broad SMARTS) is 1. The number of rotatable bonds is 4. The molecule has 0 fully saturated rings. The van der Waals surface area contributed by atoms with Gasteiger partial charge in [-0.3, -0.25) is 9.59 Å². The summed E-state index contributed by atoms with van der Waals surface area (Å²) in [5, 5.41) is 11.6. The van der Waals surface area contributed by atoms with Gasteiger partial charge in [0.15, 0.2) is 0 Å². The van der Waals surface area contributed by atoms with Crippen molar-refractivity contribution in [1.29, 1.82) is 0 Å². The van der Waals surface area contributed by atoms with Crippen molar-refractivity contribution in [1.82, 2.24) is 5.32 Å². The average molecular weight is 256 g/mol. The van der Waals surface area contributed by atoms with Crippen LogP contribution in [0.15, 0.2) is 18.2 Å². The second-order valence-electron chi connectivity index (χ2n) is 3.93. The smallest absolute Gasteiger partial charge is 0.308 e. The van der Waals surface area contributed by atoms with Gasteiger partial charge in [-0.05, 0) is 24.6 Å². The van der Waals surface area contributed by atoms with E-state index in [2.05, 4.69) is 5.32 Å². The van der Waals surface area contributed by atoms with Crippen LogP contribution in [0.3, 0.4) is 0 Å². The highest BCUT2D eigenvalue weighted by atomic mass is 35.5. The van der Waals surface area contributed by atoms with Gasteiger partial charge in [0, 0.05) is 6.54 Å². The quantitative estimate of drug-likeness (QED) is 0.866. The number of benzene rings is 1. The van der Waals surface area contributed by atoms with Crippen molar-refractivity contribution in [2.24, 2.45) is 5.92 Å². The Hall–Kier alpha value is -1.55. The van der Waals surface area contributed by atoms with Crippen molar-refractivity contribution in [2.75, 3.05) is 6.54 Å². The lowest BCUT2D eigenvalue weighted by atomic mass is 10.1. The van der Waals surface area contributed by atoms with Gasteiger partial charge in [0.2, 0.25) is 0 Å². The van der Waals surface area contributed by atoms with E-state index in [1.807, 2.05) is 6.92 Å². The fraction of sp³-hybridized carbons (Fsp3) is 0.333. The molecular formula is C12H14ClNO3. The Bertz CT molecular complexity index is 445. The maximum absolute atomic E-state index is 11.7. The van der Waals surface area contributed by atoms with Crippen LogP contribution >= 0.6 is 11.6 Å². The summed E-state index contributed by atoms with van der Waals surface area (Å²) in [7, 11) is 0. The zero-order chi connectivity index (χ0) is 13.0. The van der Waals surface area contributed by atoms with E-state index >= 15 is 0 Å². The number of carboxylic acids is 1. The van der Waals surface area contributed by atoms with Crippen LogP contribution in [0.5, 0.6) is 0 Å². The number of aryl methyl sites for hydroxylation is 1. The van der Waals surface area contributed by atoms with Gasteiger partial charge in [0.1, 0.15) is 0 Å². The zero-order valence-corrected chi connectivity index (χ0v) is 10.4. The first-order chi connectivity index (χ1) is 7.91. The van der Waals surface area contributed by atoms with Crippen LogP contribution in [0.25, 0.3) is 0 Å². The van der Waals surface area contributed by atoms with Crippen molar-refractivity contribution < 1.29 is 14.7 Å². The normalized spacial score (nSPS) is 11.9. The monoisotopic (exact) mass is 255 g/mol. The third-order valence-corrected chi connectivity index (χ3v) is 2.67. The van der Waals surface area contributed by atoms with Crippen LogP contribution in [-0.4, -0.2) is 23.5 Å². The maximum atomic E-state index is 11.7. The zero-order valence-electron chi connectivity index (χ0n) is 9.66. The minimum Gasteiger partial charge on any atom is -0.481 e. The second-order valence-corrected chi connectivity index (χ2v) is 4.34. The highest BCUT2D eigenvalue weighted by Gasteiger charge is 2.14. The fourth-order valence-electron chi connectivity index (χ4n) is 1.23. The van der Waals surface area contributed by atoms with E-state index in [9.17, 15) is 9.59 Å². The van der Waals surface area contributed by atoms with E-state index in [-0.39, 0.29) is 12.5 Å². The molecule has 0 saturated carbocycles. The molecule has 92 valence electrons. The van der Waals surface area contributed by atoms with Crippen LogP contribution < -0.4 is 5.32 Å². The van der Waals surface area contributed by atoms with Gasteiger partial charge in [-0.15, -0.1) is 0 Å². The van der Waals surface area contributed by atoms with Crippen LogP contribution in [0.1, 0.15) is 22.8 Å². The number of aliphatic carboxylic acids is 1. The van der Waals surface area contributed by atoms with Gasteiger partial charge in [-0.2, -0.15) is 0 Å². The van der Waals surface area contributed by atoms with Gasteiger partial charge in [0.25, 0.3) is 5.91 Å². The highest BCUT2D eigenvalue weighted by molar-refractivity contribution is 6.33. The largest absolute Gasteiger partial charge is 0.481 e. The molecule has 0 bridgehead atoms. The second kappa shape index (κ2) is 5.68. The SMILES string of the molecule is Cc1ccc(C(=O)NCC(C)C(=O)O)c(Cl)c1. The molecule has 5 heteroatoms. The molecule has 0 heterocycles. The molecule has 0 aromatic heterocycles. The first-order valence-corrected chi connectivity index (χ1v) is 5.56. The molecule has 1 aromatic carbocycles. The molecule has 0 spiro atoms. The third kappa shape index (κ3) is 3.75. The van der Waals surface area contributed by atoms with Crippen LogP contribution in [-0.2, 0) is 4.79 Å². The molecule has 4 nitrogen and oxygen atoms in total. The summed E-state index contributed by atoms with van der Waals surface area (Å²) in [6.07, 6.45) is 0. The van der Waals surface area contributed by atoms with E-state index in [0.29, 0.717) is 10.6 Å². The standard InChI is InChI=1S/C12H14ClNO3/c1-7-3-4-9(10(13)5-7)11(15)14-6-8(2)12(16)17/h3-5,8H,6H2,1-2H3,(H,14,15)(H,16,17). The Morgan fingerprint density at radius 2 is 2.12 bits per heavy atom. The Balaban J connectivity index is 2.67. The van der Waals surface area contributed by atoms with E-state index in [1.54, 1.807) is 18.2 Å². The van der Waals surface area contributed by atoms with Crippen molar-refractivity contribution in [3.8, 4) is 0 Å². The fourth-order valence-corrected chi connectivity index (χ4v) is 1.55. The lowest BCUT2D eigenvalue weighted by molar-refractivity contribution is -0.140. The lowest BCUT2D eigenvalue weighted by Gasteiger charge is -2.09. The van der Waals surface area contributed by atoms with Gasteiger partial charge >= 0.3 is 5.97 Å².